The van der Waals surface area contributed by atoms with Gasteiger partial charge < -0.3 is 30.3 Å². The largest absolute Gasteiger partial charge is 0.508 e. The maximum Gasteiger partial charge on any atom is 0.235 e. The van der Waals surface area contributed by atoms with Crippen LogP contribution in [0.4, 0.5) is 11.4 Å². The van der Waals surface area contributed by atoms with Crippen molar-refractivity contribution in [3.63, 3.8) is 0 Å². The Morgan fingerprint density at radius 2 is 1.34 bits per heavy atom. The smallest absolute Gasteiger partial charge is 0.235 e. The molecule has 3 aromatic rings. The van der Waals surface area contributed by atoms with Gasteiger partial charge in [-0.15, -0.1) is 0 Å². The molecule has 4 N–H and O–H groups in total. The van der Waals surface area contributed by atoms with Crippen LogP contribution in [0.25, 0.3) is 0 Å². The summed E-state index contributed by atoms with van der Waals surface area (Å²) in [5.41, 5.74) is -0.583. The molecule has 1 aliphatic carbocycles. The zero-order valence-corrected chi connectivity index (χ0v) is 21.3. The van der Waals surface area contributed by atoms with Gasteiger partial charge in [0.2, 0.25) is 11.8 Å². The number of amides is 2. The Morgan fingerprint density at radius 3 is 1.87 bits per heavy atom. The van der Waals surface area contributed by atoms with Crippen LogP contribution in [0.3, 0.4) is 0 Å². The monoisotopic (exact) mass is 518 g/mol. The summed E-state index contributed by atoms with van der Waals surface area (Å²) in [6.45, 7) is 1.42. The average molecular weight is 519 g/mol. The molecule has 0 unspecified atom stereocenters. The lowest BCUT2D eigenvalue weighted by Crippen LogP contribution is -2.56. The van der Waals surface area contributed by atoms with Gasteiger partial charge in [-0.3, -0.25) is 14.4 Å². The third-order valence-electron chi connectivity index (χ3n) is 6.84. The van der Waals surface area contributed by atoms with Gasteiger partial charge in [-0.25, -0.2) is 0 Å². The molecule has 1 fully saturated rings. The van der Waals surface area contributed by atoms with E-state index in [1.54, 1.807) is 60.7 Å². The molecule has 38 heavy (non-hydrogen) atoms. The van der Waals surface area contributed by atoms with Crippen LogP contribution in [0.5, 0.6) is 17.2 Å². The molecule has 0 heterocycles. The number of phenols is 1. The van der Waals surface area contributed by atoms with Crippen LogP contribution in [0.2, 0.25) is 0 Å². The first-order valence-electron chi connectivity index (χ1n) is 12.1. The number of anilines is 2. The number of carbonyl (C=O) groups excluding carboxylic acids is 3. The minimum Gasteiger partial charge on any atom is -0.508 e. The topological polar surface area (TPSA) is 134 Å². The van der Waals surface area contributed by atoms with Gasteiger partial charge in [0.05, 0.1) is 37.1 Å². The van der Waals surface area contributed by atoms with E-state index in [0.717, 1.165) is 0 Å². The zero-order valence-electron chi connectivity index (χ0n) is 21.3. The second-order valence-corrected chi connectivity index (χ2v) is 9.45. The van der Waals surface area contributed by atoms with Crippen molar-refractivity contribution < 1.29 is 34.1 Å². The molecule has 0 saturated heterocycles. The molecule has 0 aromatic heterocycles. The molecule has 1 saturated carbocycles. The fraction of sp³-hybridized carbons (Fsp3) is 0.276. The van der Waals surface area contributed by atoms with Gasteiger partial charge in [0.25, 0.3) is 0 Å². The molecular formula is C29H30N2O7. The molecule has 4 rings (SSSR count). The molecule has 0 aliphatic heterocycles. The van der Waals surface area contributed by atoms with Gasteiger partial charge in [-0.1, -0.05) is 36.4 Å². The van der Waals surface area contributed by atoms with Crippen molar-refractivity contribution in [3.05, 3.63) is 78.4 Å². The van der Waals surface area contributed by atoms with E-state index in [4.69, 9.17) is 9.47 Å². The number of aromatic hydroxyl groups is 1. The number of methoxy groups -OCH3 is 2. The highest BCUT2D eigenvalue weighted by atomic mass is 16.5. The van der Waals surface area contributed by atoms with E-state index in [2.05, 4.69) is 10.6 Å². The van der Waals surface area contributed by atoms with Crippen molar-refractivity contribution in [2.24, 2.45) is 11.8 Å². The van der Waals surface area contributed by atoms with Gasteiger partial charge in [-0.05, 0) is 48.9 Å². The molecule has 9 nitrogen and oxygen atoms in total. The SMILES string of the molecule is COc1ccccc1NC(=O)[C@H]1C(=O)C[C@](C)(O)[C@@H](C(=O)Nc2ccccc2OC)[C@@H]1c1ccc(O)cc1. The number of aliphatic hydroxyl groups is 1. The van der Waals surface area contributed by atoms with Crippen molar-refractivity contribution >= 4 is 29.0 Å². The molecule has 3 aromatic carbocycles. The summed E-state index contributed by atoms with van der Waals surface area (Å²) in [4.78, 5) is 40.9. The molecule has 0 spiro atoms. The number of ketones is 1. The summed E-state index contributed by atoms with van der Waals surface area (Å²) in [7, 11) is 2.93. The van der Waals surface area contributed by atoms with Gasteiger partial charge >= 0.3 is 0 Å². The quantitative estimate of drug-likeness (QED) is 0.350. The zero-order chi connectivity index (χ0) is 27.4. The molecule has 198 valence electrons. The second-order valence-electron chi connectivity index (χ2n) is 9.45. The van der Waals surface area contributed by atoms with Gasteiger partial charge in [0, 0.05) is 12.3 Å². The summed E-state index contributed by atoms with van der Waals surface area (Å²) in [6.07, 6.45) is -0.407. The number of Topliss-reactive ketones (excluding diaryl/α,β-unsaturated/α-hetero) is 1. The first-order chi connectivity index (χ1) is 18.2. The van der Waals surface area contributed by atoms with E-state index < -0.39 is 47.4 Å². The lowest BCUT2D eigenvalue weighted by Gasteiger charge is -2.44. The van der Waals surface area contributed by atoms with Gasteiger partial charge in [0.1, 0.15) is 28.9 Å². The molecule has 2 amide bonds. The van der Waals surface area contributed by atoms with Crippen LogP contribution < -0.4 is 20.1 Å². The van der Waals surface area contributed by atoms with E-state index in [9.17, 15) is 24.6 Å². The Labute approximate surface area is 220 Å². The van der Waals surface area contributed by atoms with Gasteiger partial charge in [0.15, 0.2) is 0 Å². The molecule has 1 aliphatic rings. The van der Waals surface area contributed by atoms with Crippen molar-refractivity contribution in [2.45, 2.75) is 24.9 Å². The third-order valence-corrected chi connectivity index (χ3v) is 6.84. The molecule has 9 heteroatoms. The minimum atomic E-state index is -1.77. The summed E-state index contributed by atoms with van der Waals surface area (Å²) < 4.78 is 10.7. The predicted molar refractivity (Wildman–Crippen MR) is 141 cm³/mol. The van der Waals surface area contributed by atoms with E-state index in [-0.39, 0.29) is 5.75 Å². The van der Waals surface area contributed by atoms with E-state index in [1.165, 1.54) is 33.3 Å². The highest BCUT2D eigenvalue weighted by Gasteiger charge is 2.56. The van der Waals surface area contributed by atoms with Crippen LogP contribution in [0, 0.1) is 11.8 Å². The minimum absolute atomic E-state index is 0.0207. The van der Waals surface area contributed by atoms with Crippen LogP contribution in [0.15, 0.2) is 72.8 Å². The predicted octanol–water partition coefficient (Wildman–Crippen LogP) is 3.73. The summed E-state index contributed by atoms with van der Waals surface area (Å²) in [5.74, 6) is -4.49. The summed E-state index contributed by atoms with van der Waals surface area (Å²) >= 11 is 0. The Kier molecular flexibility index (Phi) is 7.68. The van der Waals surface area contributed by atoms with Crippen LogP contribution >= 0.6 is 0 Å². The Hall–Kier alpha value is -4.37. The number of nitrogens with one attached hydrogen (secondary N) is 2. The van der Waals surface area contributed by atoms with E-state index >= 15 is 0 Å². The standard InChI is InChI=1S/C29H30N2O7/c1-29(36)16-21(33)25(27(34)30-19-8-4-6-10-22(19)37-2)24(17-12-14-18(32)15-13-17)26(29)28(35)31-20-9-5-7-11-23(20)38-3/h4-15,24-26,32,36H,16H2,1-3H3,(H,30,34)(H,31,35)/t24-,25+,26-,29+/m1/s1. The number of phenolic OH excluding ortho intramolecular Hbond substituents is 1. The Balaban J connectivity index is 1.78. The Morgan fingerprint density at radius 1 is 0.842 bits per heavy atom. The fourth-order valence-electron chi connectivity index (χ4n) is 5.11. The molecular weight excluding hydrogens is 488 g/mol. The van der Waals surface area contributed by atoms with Crippen LogP contribution in [-0.4, -0.2) is 47.6 Å². The molecule has 0 bridgehead atoms. The normalized spacial score (nSPS) is 22.8. The van der Waals surface area contributed by atoms with E-state index in [1.807, 2.05) is 0 Å². The van der Waals surface area contributed by atoms with Crippen molar-refractivity contribution in [1.29, 1.82) is 0 Å². The number of para-hydroxylation sites is 4. The number of hydrogen-bond acceptors (Lipinski definition) is 7. The highest BCUT2D eigenvalue weighted by molar-refractivity contribution is 6.11. The number of carbonyl (C=O) groups is 3. The first kappa shape index (κ1) is 26.7. The lowest BCUT2D eigenvalue weighted by atomic mass is 9.61. The van der Waals surface area contributed by atoms with Crippen molar-refractivity contribution in [1.82, 2.24) is 0 Å². The third kappa shape index (κ3) is 5.33. The summed E-state index contributed by atoms with van der Waals surface area (Å²) in [6, 6.07) is 19.5. The average Bonchev–Trinajstić information content (AvgIpc) is 2.88. The molecule has 0 radical (unpaired) electrons. The molecule has 4 atom stereocenters. The van der Waals surface area contributed by atoms with Crippen molar-refractivity contribution in [3.8, 4) is 17.2 Å². The summed E-state index contributed by atoms with van der Waals surface area (Å²) in [5, 5.41) is 26.8. The number of rotatable bonds is 7. The first-order valence-corrected chi connectivity index (χ1v) is 12.1. The highest BCUT2D eigenvalue weighted by Crippen LogP contribution is 2.47. The second kappa shape index (κ2) is 10.9. The lowest BCUT2D eigenvalue weighted by molar-refractivity contribution is -0.150. The maximum absolute atomic E-state index is 13.8. The number of ether oxygens (including phenoxy) is 2. The fourth-order valence-corrected chi connectivity index (χ4v) is 5.11. The number of hydrogen-bond donors (Lipinski definition) is 4. The van der Waals surface area contributed by atoms with Gasteiger partial charge in [-0.2, -0.15) is 0 Å². The number of benzene rings is 3. The van der Waals surface area contributed by atoms with Crippen LogP contribution in [0.1, 0.15) is 24.8 Å². The van der Waals surface area contributed by atoms with Crippen LogP contribution in [-0.2, 0) is 14.4 Å². The van der Waals surface area contributed by atoms with E-state index in [0.29, 0.717) is 28.4 Å². The van der Waals surface area contributed by atoms with Crippen molar-refractivity contribution in [2.75, 3.05) is 24.9 Å². The maximum atomic E-state index is 13.8. The Bertz CT molecular complexity index is 1340.